The SMILES string of the molecule is COCCSc1ccc(C=O)c(C(F)(F)F)c1. The van der Waals surface area contributed by atoms with E-state index in [1.54, 1.807) is 0 Å². The van der Waals surface area contributed by atoms with Gasteiger partial charge in [0, 0.05) is 23.3 Å². The summed E-state index contributed by atoms with van der Waals surface area (Å²) in [6.07, 6.45) is -4.29. The quantitative estimate of drug-likeness (QED) is 0.464. The van der Waals surface area contributed by atoms with Crippen LogP contribution in [0.1, 0.15) is 15.9 Å². The molecule has 2 nitrogen and oxygen atoms in total. The number of ether oxygens (including phenoxy) is 1. The Morgan fingerprint density at radius 2 is 2.12 bits per heavy atom. The largest absolute Gasteiger partial charge is 0.417 e. The minimum Gasteiger partial charge on any atom is -0.384 e. The van der Waals surface area contributed by atoms with Gasteiger partial charge in [0.05, 0.1) is 12.2 Å². The van der Waals surface area contributed by atoms with Crippen molar-refractivity contribution in [3.63, 3.8) is 0 Å². The molecule has 0 radical (unpaired) electrons. The van der Waals surface area contributed by atoms with E-state index in [0.29, 0.717) is 17.3 Å². The maximum Gasteiger partial charge on any atom is 0.417 e. The van der Waals surface area contributed by atoms with Crippen LogP contribution in [0.4, 0.5) is 13.2 Å². The molecular weight excluding hydrogens is 253 g/mol. The average Bonchev–Trinajstić information content (AvgIpc) is 2.28. The second-order valence-electron chi connectivity index (χ2n) is 3.21. The van der Waals surface area contributed by atoms with E-state index in [2.05, 4.69) is 0 Å². The third kappa shape index (κ3) is 4.05. The number of thioether (sulfide) groups is 1. The molecule has 1 aromatic carbocycles. The first kappa shape index (κ1) is 14.1. The van der Waals surface area contributed by atoms with Gasteiger partial charge < -0.3 is 4.74 Å². The Balaban J connectivity index is 2.93. The third-order valence-electron chi connectivity index (χ3n) is 2.01. The van der Waals surface area contributed by atoms with Crippen molar-refractivity contribution in [1.82, 2.24) is 0 Å². The number of halogens is 3. The second-order valence-corrected chi connectivity index (χ2v) is 4.37. The zero-order valence-electron chi connectivity index (χ0n) is 9.08. The number of carbonyl (C=O) groups excluding carboxylic acids is 1. The van der Waals surface area contributed by atoms with Crippen molar-refractivity contribution in [2.45, 2.75) is 11.1 Å². The lowest BCUT2D eigenvalue weighted by Crippen LogP contribution is -2.09. The van der Waals surface area contributed by atoms with Gasteiger partial charge in [-0.1, -0.05) is 0 Å². The molecule has 0 saturated heterocycles. The highest BCUT2D eigenvalue weighted by Gasteiger charge is 2.33. The van der Waals surface area contributed by atoms with Gasteiger partial charge in [-0.15, -0.1) is 11.8 Å². The maximum absolute atomic E-state index is 12.6. The molecule has 0 saturated carbocycles. The third-order valence-corrected chi connectivity index (χ3v) is 2.97. The molecule has 0 heterocycles. The molecule has 0 spiro atoms. The number of rotatable bonds is 5. The number of methoxy groups -OCH3 is 1. The number of hydrogen-bond donors (Lipinski definition) is 0. The van der Waals surface area contributed by atoms with Crippen LogP contribution < -0.4 is 0 Å². The summed E-state index contributed by atoms with van der Waals surface area (Å²) in [7, 11) is 1.52. The molecule has 1 rings (SSSR count). The first-order valence-electron chi connectivity index (χ1n) is 4.77. The lowest BCUT2D eigenvalue weighted by Gasteiger charge is -2.11. The van der Waals surface area contributed by atoms with E-state index in [0.717, 1.165) is 6.07 Å². The molecule has 6 heteroatoms. The van der Waals surface area contributed by atoms with Crippen LogP contribution in [0.3, 0.4) is 0 Å². The zero-order valence-corrected chi connectivity index (χ0v) is 9.90. The minimum absolute atomic E-state index is 0.215. The van der Waals surface area contributed by atoms with Crippen LogP contribution in [-0.4, -0.2) is 25.8 Å². The molecule has 0 aliphatic heterocycles. The van der Waals surface area contributed by atoms with Crippen LogP contribution in [0.25, 0.3) is 0 Å². The van der Waals surface area contributed by atoms with Crippen LogP contribution in [0.2, 0.25) is 0 Å². The van der Waals surface area contributed by atoms with E-state index in [9.17, 15) is 18.0 Å². The van der Waals surface area contributed by atoms with Crippen LogP contribution in [-0.2, 0) is 10.9 Å². The molecule has 0 amide bonds. The molecule has 0 aliphatic carbocycles. The van der Waals surface area contributed by atoms with Crippen molar-refractivity contribution >= 4 is 18.0 Å². The van der Waals surface area contributed by atoms with Gasteiger partial charge in [0.15, 0.2) is 6.29 Å². The van der Waals surface area contributed by atoms with Gasteiger partial charge in [-0.25, -0.2) is 0 Å². The van der Waals surface area contributed by atoms with Gasteiger partial charge in [0.25, 0.3) is 0 Å². The Morgan fingerprint density at radius 3 is 2.65 bits per heavy atom. The van der Waals surface area contributed by atoms with Crippen molar-refractivity contribution in [2.75, 3.05) is 19.5 Å². The number of hydrogen-bond acceptors (Lipinski definition) is 3. The fourth-order valence-electron chi connectivity index (χ4n) is 1.22. The molecule has 0 bridgehead atoms. The van der Waals surface area contributed by atoms with Gasteiger partial charge in [-0.05, 0) is 18.2 Å². The first-order valence-corrected chi connectivity index (χ1v) is 5.75. The van der Waals surface area contributed by atoms with Crippen molar-refractivity contribution in [2.24, 2.45) is 0 Å². The van der Waals surface area contributed by atoms with Crippen molar-refractivity contribution in [1.29, 1.82) is 0 Å². The summed E-state index contributed by atoms with van der Waals surface area (Å²) < 4.78 is 42.6. The molecule has 94 valence electrons. The molecule has 0 unspecified atom stereocenters. The monoisotopic (exact) mass is 264 g/mol. The summed E-state index contributed by atoms with van der Waals surface area (Å²) in [5.74, 6) is 0.564. The summed E-state index contributed by atoms with van der Waals surface area (Å²) in [4.78, 5) is 11.0. The molecule has 0 fully saturated rings. The Kier molecular flexibility index (Phi) is 5.02. The van der Waals surface area contributed by atoms with E-state index < -0.39 is 11.7 Å². The minimum atomic E-state index is -4.51. The van der Waals surface area contributed by atoms with Crippen LogP contribution in [0.5, 0.6) is 0 Å². The zero-order chi connectivity index (χ0) is 12.9. The summed E-state index contributed by atoms with van der Waals surface area (Å²) in [5, 5.41) is 0. The van der Waals surface area contributed by atoms with E-state index >= 15 is 0 Å². The average molecular weight is 264 g/mol. The highest BCUT2D eigenvalue weighted by molar-refractivity contribution is 7.99. The summed E-state index contributed by atoms with van der Waals surface area (Å²) >= 11 is 1.25. The van der Waals surface area contributed by atoms with Crippen LogP contribution in [0.15, 0.2) is 23.1 Å². The summed E-state index contributed by atoms with van der Waals surface area (Å²) in [6.45, 7) is 0.460. The molecular formula is C11H11F3O2S. The highest BCUT2D eigenvalue weighted by Crippen LogP contribution is 2.34. The molecule has 17 heavy (non-hydrogen) atoms. The van der Waals surface area contributed by atoms with Crippen molar-refractivity contribution in [3.8, 4) is 0 Å². The Bertz CT molecular complexity index is 391. The smallest absolute Gasteiger partial charge is 0.384 e. The van der Waals surface area contributed by atoms with Gasteiger partial charge in [-0.2, -0.15) is 13.2 Å². The van der Waals surface area contributed by atoms with E-state index in [1.165, 1.54) is 31.0 Å². The lowest BCUT2D eigenvalue weighted by atomic mass is 10.1. The first-order chi connectivity index (χ1) is 7.99. The molecule has 1 aromatic rings. The summed E-state index contributed by atoms with van der Waals surface area (Å²) in [5.41, 5.74) is -1.23. The number of benzene rings is 1. The molecule has 0 aromatic heterocycles. The predicted octanol–water partition coefficient (Wildman–Crippen LogP) is 3.26. The topological polar surface area (TPSA) is 26.3 Å². The maximum atomic E-state index is 12.6. The fourth-order valence-corrected chi connectivity index (χ4v) is 2.07. The molecule has 0 atom stereocenters. The number of carbonyl (C=O) groups is 1. The second kappa shape index (κ2) is 6.07. The van der Waals surface area contributed by atoms with Crippen molar-refractivity contribution < 1.29 is 22.7 Å². The van der Waals surface area contributed by atoms with Crippen LogP contribution >= 0.6 is 11.8 Å². The van der Waals surface area contributed by atoms with Crippen molar-refractivity contribution in [3.05, 3.63) is 29.3 Å². The predicted molar refractivity (Wildman–Crippen MR) is 59.4 cm³/mol. The number of alkyl halides is 3. The Morgan fingerprint density at radius 1 is 1.41 bits per heavy atom. The summed E-state index contributed by atoms with van der Waals surface area (Å²) in [6, 6.07) is 3.67. The van der Waals surface area contributed by atoms with Gasteiger partial charge in [0.1, 0.15) is 0 Å². The van der Waals surface area contributed by atoms with Gasteiger partial charge >= 0.3 is 6.18 Å². The highest BCUT2D eigenvalue weighted by atomic mass is 32.2. The standard InChI is InChI=1S/C11H11F3O2S/c1-16-4-5-17-9-3-2-8(7-15)10(6-9)11(12,13)14/h2-3,6-7H,4-5H2,1H3. The fraction of sp³-hybridized carbons (Fsp3) is 0.364. The van der Waals surface area contributed by atoms with Gasteiger partial charge in [0.2, 0.25) is 0 Å². The van der Waals surface area contributed by atoms with E-state index in [1.807, 2.05) is 0 Å². The molecule has 0 aliphatic rings. The van der Waals surface area contributed by atoms with Crippen LogP contribution in [0, 0.1) is 0 Å². The normalized spacial score (nSPS) is 11.5. The Labute approximate surface area is 101 Å². The van der Waals surface area contributed by atoms with E-state index in [4.69, 9.17) is 4.74 Å². The molecule has 0 N–H and O–H groups in total. The van der Waals surface area contributed by atoms with Gasteiger partial charge in [-0.3, -0.25) is 4.79 Å². The number of aldehydes is 1. The van der Waals surface area contributed by atoms with E-state index in [-0.39, 0.29) is 11.8 Å². The lowest BCUT2D eigenvalue weighted by molar-refractivity contribution is -0.138. The Hall–Kier alpha value is -1.01.